The largest absolute Gasteiger partial charge is 0.359 e. The number of nitrogens with one attached hydrogen (secondary N) is 1. The van der Waals surface area contributed by atoms with E-state index < -0.39 is 10.0 Å². The Hall–Kier alpha value is -1.80. The van der Waals surface area contributed by atoms with Crippen molar-refractivity contribution < 1.29 is 12.9 Å². The van der Waals surface area contributed by atoms with Gasteiger partial charge in [0.05, 0.1) is 5.52 Å². The number of sulfonamides is 1. The minimum Gasteiger partial charge on any atom is -0.359 e. The molecule has 0 aliphatic rings. The molecule has 0 aliphatic carbocycles. The zero-order valence-electron chi connectivity index (χ0n) is 13.6. The van der Waals surface area contributed by atoms with Gasteiger partial charge in [-0.15, -0.1) is 0 Å². The van der Waals surface area contributed by atoms with Crippen molar-refractivity contribution in [3.8, 4) is 0 Å². The Labute approximate surface area is 149 Å². The molecule has 0 unspecified atom stereocenters. The molecule has 1 aromatic carbocycles. The molecule has 0 spiro atoms. The molecule has 2 aromatic heterocycles. The number of anilines is 1. The highest BCUT2D eigenvalue weighted by Crippen LogP contribution is 2.29. The standard InChI is InChI=1S/C16H18BrN3O3S/c1-4-5-14-10(2)16(18-23-14)19-24(21,22)15-9-20(3)13-8-11(17)6-7-12(13)15/h6-9H,4-5H2,1-3H3,(H,18,19). The molecule has 0 saturated heterocycles. The number of aryl methyl sites for hydroxylation is 2. The smallest absolute Gasteiger partial charge is 0.265 e. The van der Waals surface area contributed by atoms with Crippen LogP contribution in [0.3, 0.4) is 0 Å². The maximum absolute atomic E-state index is 12.8. The van der Waals surface area contributed by atoms with Crippen molar-refractivity contribution in [2.75, 3.05) is 4.72 Å². The molecule has 3 rings (SSSR count). The van der Waals surface area contributed by atoms with Gasteiger partial charge in [-0.25, -0.2) is 8.42 Å². The van der Waals surface area contributed by atoms with E-state index in [2.05, 4.69) is 25.8 Å². The van der Waals surface area contributed by atoms with E-state index in [0.29, 0.717) is 11.1 Å². The summed E-state index contributed by atoms with van der Waals surface area (Å²) in [6.45, 7) is 3.83. The Morgan fingerprint density at radius 3 is 2.83 bits per heavy atom. The number of rotatable bonds is 5. The molecule has 0 atom stereocenters. The predicted octanol–water partition coefficient (Wildman–Crippen LogP) is 3.99. The first-order valence-electron chi connectivity index (χ1n) is 7.56. The van der Waals surface area contributed by atoms with E-state index in [-0.39, 0.29) is 10.7 Å². The maximum Gasteiger partial charge on any atom is 0.265 e. The predicted molar refractivity (Wildman–Crippen MR) is 96.7 cm³/mol. The molecule has 3 aromatic rings. The molecule has 0 saturated carbocycles. The zero-order valence-corrected chi connectivity index (χ0v) is 16.0. The van der Waals surface area contributed by atoms with Crippen molar-refractivity contribution in [3.63, 3.8) is 0 Å². The quantitative estimate of drug-likeness (QED) is 0.688. The van der Waals surface area contributed by atoms with Crippen LogP contribution in [0.5, 0.6) is 0 Å². The fraction of sp³-hybridized carbons (Fsp3) is 0.312. The van der Waals surface area contributed by atoms with E-state index in [9.17, 15) is 8.42 Å². The Balaban J connectivity index is 2.03. The Bertz CT molecular complexity index is 1010. The minimum absolute atomic E-state index is 0.215. The summed E-state index contributed by atoms with van der Waals surface area (Å²) in [4.78, 5) is 0.215. The number of fused-ring (bicyclic) bond motifs is 1. The molecule has 6 nitrogen and oxygen atoms in total. The van der Waals surface area contributed by atoms with Crippen molar-refractivity contribution in [2.24, 2.45) is 7.05 Å². The molecule has 1 N–H and O–H groups in total. The fourth-order valence-corrected chi connectivity index (χ4v) is 4.30. The average molecular weight is 412 g/mol. The van der Waals surface area contributed by atoms with Gasteiger partial charge in [0.2, 0.25) is 0 Å². The molecule has 24 heavy (non-hydrogen) atoms. The van der Waals surface area contributed by atoms with Gasteiger partial charge in [0.25, 0.3) is 10.0 Å². The molecular formula is C16H18BrN3O3S. The highest BCUT2D eigenvalue weighted by atomic mass is 79.9. The van der Waals surface area contributed by atoms with Gasteiger partial charge in [0.1, 0.15) is 10.7 Å². The van der Waals surface area contributed by atoms with E-state index in [4.69, 9.17) is 4.52 Å². The van der Waals surface area contributed by atoms with Gasteiger partial charge in [-0.05, 0) is 25.5 Å². The van der Waals surface area contributed by atoms with E-state index in [0.717, 1.165) is 28.4 Å². The van der Waals surface area contributed by atoms with E-state index in [1.807, 2.05) is 26.1 Å². The van der Waals surface area contributed by atoms with Crippen LogP contribution in [0.2, 0.25) is 0 Å². The number of aromatic nitrogens is 2. The third kappa shape index (κ3) is 2.95. The third-order valence-electron chi connectivity index (χ3n) is 3.93. The van der Waals surface area contributed by atoms with Gasteiger partial charge in [-0.2, -0.15) is 0 Å². The summed E-state index contributed by atoms with van der Waals surface area (Å²) in [5, 5.41) is 4.52. The molecule has 0 bridgehead atoms. The average Bonchev–Trinajstić information content (AvgIpc) is 3.03. The summed E-state index contributed by atoms with van der Waals surface area (Å²) in [5.41, 5.74) is 1.55. The highest BCUT2D eigenvalue weighted by Gasteiger charge is 2.23. The Morgan fingerprint density at radius 2 is 2.12 bits per heavy atom. The molecule has 0 amide bonds. The maximum atomic E-state index is 12.8. The van der Waals surface area contributed by atoms with Gasteiger partial charge in [0, 0.05) is 35.1 Å². The summed E-state index contributed by atoms with van der Waals surface area (Å²) in [5.74, 6) is 0.949. The molecule has 8 heteroatoms. The number of hydrogen-bond donors (Lipinski definition) is 1. The summed E-state index contributed by atoms with van der Waals surface area (Å²) in [6.07, 6.45) is 3.23. The van der Waals surface area contributed by atoms with Gasteiger partial charge >= 0.3 is 0 Å². The lowest BCUT2D eigenvalue weighted by molar-refractivity contribution is 0.383. The van der Waals surface area contributed by atoms with Gasteiger partial charge in [-0.1, -0.05) is 34.1 Å². The molecule has 0 aliphatic heterocycles. The first-order chi connectivity index (χ1) is 11.3. The molecule has 0 fully saturated rings. The highest BCUT2D eigenvalue weighted by molar-refractivity contribution is 9.10. The van der Waals surface area contributed by atoms with Crippen LogP contribution in [0, 0.1) is 6.92 Å². The Morgan fingerprint density at radius 1 is 1.38 bits per heavy atom. The first-order valence-corrected chi connectivity index (χ1v) is 9.83. The third-order valence-corrected chi connectivity index (χ3v) is 5.79. The van der Waals surface area contributed by atoms with E-state index in [1.165, 1.54) is 0 Å². The van der Waals surface area contributed by atoms with Gasteiger partial charge in [0.15, 0.2) is 5.82 Å². The lowest BCUT2D eigenvalue weighted by Crippen LogP contribution is -2.13. The summed E-state index contributed by atoms with van der Waals surface area (Å²) < 4.78 is 36.1. The van der Waals surface area contributed by atoms with E-state index in [1.54, 1.807) is 23.8 Å². The summed E-state index contributed by atoms with van der Waals surface area (Å²) in [7, 11) is -1.95. The van der Waals surface area contributed by atoms with Crippen LogP contribution >= 0.6 is 15.9 Å². The van der Waals surface area contributed by atoms with Crippen LogP contribution < -0.4 is 4.72 Å². The topological polar surface area (TPSA) is 77.1 Å². The lowest BCUT2D eigenvalue weighted by atomic mass is 10.2. The van der Waals surface area contributed by atoms with Crippen LogP contribution in [-0.2, 0) is 23.5 Å². The van der Waals surface area contributed by atoms with Crippen LogP contribution in [0.25, 0.3) is 10.9 Å². The minimum atomic E-state index is -3.76. The monoisotopic (exact) mass is 411 g/mol. The normalized spacial score (nSPS) is 12.0. The van der Waals surface area contributed by atoms with Crippen molar-refractivity contribution >= 4 is 42.7 Å². The van der Waals surface area contributed by atoms with Gasteiger partial charge in [-0.3, -0.25) is 4.72 Å². The number of nitrogens with zero attached hydrogens (tertiary/aromatic N) is 2. The van der Waals surface area contributed by atoms with Crippen molar-refractivity contribution in [2.45, 2.75) is 31.6 Å². The molecule has 128 valence electrons. The first kappa shape index (κ1) is 17.0. The van der Waals surface area contributed by atoms with Crippen LogP contribution in [-0.4, -0.2) is 18.1 Å². The SMILES string of the molecule is CCCc1onc(NS(=O)(=O)c2cn(C)c3cc(Br)ccc23)c1C. The second kappa shape index (κ2) is 6.25. The van der Waals surface area contributed by atoms with Crippen LogP contribution in [0.15, 0.2) is 38.3 Å². The van der Waals surface area contributed by atoms with E-state index >= 15 is 0 Å². The fourth-order valence-electron chi connectivity index (χ4n) is 2.64. The second-order valence-corrected chi connectivity index (χ2v) is 8.27. The Kier molecular flexibility index (Phi) is 4.44. The zero-order chi connectivity index (χ0) is 17.5. The summed E-state index contributed by atoms with van der Waals surface area (Å²) in [6, 6.07) is 5.49. The molecule has 0 radical (unpaired) electrons. The van der Waals surface area contributed by atoms with Crippen molar-refractivity contribution in [3.05, 3.63) is 40.2 Å². The van der Waals surface area contributed by atoms with Gasteiger partial charge < -0.3 is 9.09 Å². The van der Waals surface area contributed by atoms with Crippen LogP contribution in [0.1, 0.15) is 24.7 Å². The lowest BCUT2D eigenvalue weighted by Gasteiger charge is -2.05. The summed E-state index contributed by atoms with van der Waals surface area (Å²) >= 11 is 3.41. The molecular weight excluding hydrogens is 394 g/mol. The number of halogens is 1. The number of benzene rings is 1. The van der Waals surface area contributed by atoms with Crippen molar-refractivity contribution in [1.82, 2.24) is 9.72 Å². The van der Waals surface area contributed by atoms with Crippen LogP contribution in [0.4, 0.5) is 5.82 Å². The van der Waals surface area contributed by atoms with Crippen molar-refractivity contribution in [1.29, 1.82) is 0 Å². The number of hydrogen-bond acceptors (Lipinski definition) is 4. The second-order valence-electron chi connectivity index (χ2n) is 5.70. The molecule has 2 heterocycles.